The van der Waals surface area contributed by atoms with Gasteiger partial charge in [0.25, 0.3) is 0 Å². The maximum absolute atomic E-state index is 11.7. The summed E-state index contributed by atoms with van der Waals surface area (Å²) in [5.41, 5.74) is -0.495. The van der Waals surface area contributed by atoms with Crippen molar-refractivity contribution in [2.24, 2.45) is 5.92 Å². The summed E-state index contributed by atoms with van der Waals surface area (Å²) in [4.78, 5) is 11.7. The van der Waals surface area contributed by atoms with Gasteiger partial charge in [-0.3, -0.25) is 4.79 Å². The number of hydrogen-bond donors (Lipinski definition) is 2. The van der Waals surface area contributed by atoms with Gasteiger partial charge in [0.15, 0.2) is 0 Å². The lowest BCUT2D eigenvalue weighted by molar-refractivity contribution is -0.126. The fourth-order valence-corrected chi connectivity index (χ4v) is 1.51. The summed E-state index contributed by atoms with van der Waals surface area (Å²) in [6.07, 6.45) is 2.61. The van der Waals surface area contributed by atoms with Crippen LogP contribution in [-0.2, 0) is 9.53 Å². The molecule has 1 aliphatic rings. The fourth-order valence-electron chi connectivity index (χ4n) is 1.51. The lowest BCUT2D eigenvalue weighted by Gasteiger charge is -2.24. The molecule has 1 amide bonds. The summed E-state index contributed by atoms with van der Waals surface area (Å²) in [5.74, 6) is 0.818. The summed E-state index contributed by atoms with van der Waals surface area (Å²) in [7, 11) is 0. The van der Waals surface area contributed by atoms with E-state index >= 15 is 0 Å². The molecule has 0 aromatic carbocycles. The zero-order valence-corrected chi connectivity index (χ0v) is 10.6. The molecule has 1 rings (SSSR count). The third-order valence-corrected chi connectivity index (χ3v) is 2.77. The van der Waals surface area contributed by atoms with Crippen molar-refractivity contribution in [2.45, 2.75) is 39.2 Å². The Kier molecular flexibility index (Phi) is 5.22. The molecule has 1 fully saturated rings. The summed E-state index contributed by atoms with van der Waals surface area (Å²) >= 11 is 0. The van der Waals surface area contributed by atoms with Crippen LogP contribution in [0.3, 0.4) is 0 Å². The minimum Gasteiger partial charge on any atom is -0.379 e. The van der Waals surface area contributed by atoms with E-state index in [1.54, 1.807) is 0 Å². The van der Waals surface area contributed by atoms with E-state index in [0.717, 1.165) is 19.1 Å². The van der Waals surface area contributed by atoms with Crippen LogP contribution < -0.4 is 10.6 Å². The van der Waals surface area contributed by atoms with Crippen molar-refractivity contribution < 1.29 is 9.53 Å². The first kappa shape index (κ1) is 13.5. The highest BCUT2D eigenvalue weighted by Gasteiger charge is 2.25. The Morgan fingerprint density at radius 2 is 2.12 bits per heavy atom. The Morgan fingerprint density at radius 1 is 1.44 bits per heavy atom. The van der Waals surface area contributed by atoms with E-state index in [-0.39, 0.29) is 5.91 Å². The van der Waals surface area contributed by atoms with Gasteiger partial charge in [0, 0.05) is 13.2 Å². The number of amides is 1. The predicted molar refractivity (Wildman–Crippen MR) is 64.3 cm³/mol. The summed E-state index contributed by atoms with van der Waals surface area (Å²) < 4.78 is 5.45. The van der Waals surface area contributed by atoms with Gasteiger partial charge in [0.05, 0.1) is 12.1 Å². The molecule has 16 heavy (non-hydrogen) atoms. The molecule has 0 spiro atoms. The number of carbonyl (C=O) groups is 1. The van der Waals surface area contributed by atoms with Crippen molar-refractivity contribution >= 4 is 5.91 Å². The molecule has 0 heterocycles. The van der Waals surface area contributed by atoms with E-state index in [9.17, 15) is 4.79 Å². The largest absolute Gasteiger partial charge is 0.379 e. The summed E-state index contributed by atoms with van der Waals surface area (Å²) in [5, 5.41) is 6.01. The van der Waals surface area contributed by atoms with Crippen LogP contribution in [0.4, 0.5) is 0 Å². The van der Waals surface area contributed by atoms with Gasteiger partial charge >= 0.3 is 0 Å². The predicted octanol–water partition coefficient (Wildman–Crippen LogP) is 0.917. The fraction of sp³-hybridized carbons (Fsp3) is 0.917. The number of likely N-dealkylation sites (N-methyl/N-ethyl adjacent to an activating group) is 1. The van der Waals surface area contributed by atoms with Crippen molar-refractivity contribution in [3.63, 3.8) is 0 Å². The first-order valence-corrected chi connectivity index (χ1v) is 6.17. The quantitative estimate of drug-likeness (QED) is 0.607. The smallest absolute Gasteiger partial charge is 0.239 e. The Bertz CT molecular complexity index is 225. The highest BCUT2D eigenvalue weighted by molar-refractivity contribution is 5.85. The van der Waals surface area contributed by atoms with Crippen molar-refractivity contribution in [1.82, 2.24) is 10.6 Å². The standard InChI is InChI=1S/C12H24N2O2/c1-4-14-12(2,3)11(15)13-7-8-16-9-10-5-6-10/h10,14H,4-9H2,1-3H3,(H,13,15). The molecule has 0 radical (unpaired) electrons. The molecule has 0 unspecified atom stereocenters. The molecular weight excluding hydrogens is 204 g/mol. The molecule has 0 bridgehead atoms. The number of rotatable bonds is 8. The van der Waals surface area contributed by atoms with E-state index in [1.807, 2.05) is 20.8 Å². The molecule has 0 atom stereocenters. The third kappa shape index (κ3) is 4.94. The van der Waals surface area contributed by atoms with Crippen LogP contribution in [0.15, 0.2) is 0 Å². The second-order valence-electron chi connectivity index (χ2n) is 4.93. The third-order valence-electron chi connectivity index (χ3n) is 2.77. The van der Waals surface area contributed by atoms with Gasteiger partial charge in [-0.1, -0.05) is 6.92 Å². The molecular formula is C12H24N2O2. The van der Waals surface area contributed by atoms with E-state index in [4.69, 9.17) is 4.74 Å². The zero-order valence-electron chi connectivity index (χ0n) is 10.6. The normalized spacial score (nSPS) is 16.2. The Balaban J connectivity index is 2.03. The van der Waals surface area contributed by atoms with E-state index < -0.39 is 5.54 Å². The molecule has 4 heteroatoms. The molecule has 1 saturated carbocycles. The number of hydrogen-bond acceptors (Lipinski definition) is 3. The Hall–Kier alpha value is -0.610. The van der Waals surface area contributed by atoms with Crippen LogP contribution in [-0.4, -0.2) is 37.7 Å². The average molecular weight is 228 g/mol. The number of carbonyl (C=O) groups excluding carboxylic acids is 1. The van der Waals surface area contributed by atoms with Gasteiger partial charge in [-0.15, -0.1) is 0 Å². The van der Waals surface area contributed by atoms with Crippen molar-refractivity contribution in [3.8, 4) is 0 Å². The van der Waals surface area contributed by atoms with Gasteiger partial charge < -0.3 is 15.4 Å². The summed E-state index contributed by atoms with van der Waals surface area (Å²) in [6.45, 7) is 8.62. The topological polar surface area (TPSA) is 50.4 Å². The molecule has 4 nitrogen and oxygen atoms in total. The maximum Gasteiger partial charge on any atom is 0.239 e. The lowest BCUT2D eigenvalue weighted by Crippen LogP contribution is -2.53. The van der Waals surface area contributed by atoms with Crippen molar-refractivity contribution in [1.29, 1.82) is 0 Å². The summed E-state index contributed by atoms with van der Waals surface area (Å²) in [6, 6.07) is 0. The number of ether oxygens (including phenoxy) is 1. The van der Waals surface area contributed by atoms with Crippen LogP contribution in [0.25, 0.3) is 0 Å². The van der Waals surface area contributed by atoms with E-state index in [0.29, 0.717) is 13.2 Å². The van der Waals surface area contributed by atoms with E-state index in [2.05, 4.69) is 10.6 Å². The molecule has 94 valence electrons. The zero-order chi connectivity index (χ0) is 12.0. The Labute approximate surface area is 98.1 Å². The van der Waals surface area contributed by atoms with Gasteiger partial charge in [-0.05, 0) is 39.2 Å². The van der Waals surface area contributed by atoms with E-state index in [1.165, 1.54) is 12.8 Å². The number of nitrogens with one attached hydrogen (secondary N) is 2. The van der Waals surface area contributed by atoms with Gasteiger partial charge in [-0.25, -0.2) is 0 Å². The highest BCUT2D eigenvalue weighted by atomic mass is 16.5. The SMILES string of the molecule is CCNC(C)(C)C(=O)NCCOCC1CC1. The Morgan fingerprint density at radius 3 is 2.69 bits per heavy atom. The van der Waals surface area contributed by atoms with Gasteiger partial charge in [-0.2, -0.15) is 0 Å². The highest BCUT2D eigenvalue weighted by Crippen LogP contribution is 2.28. The minimum absolute atomic E-state index is 0.0318. The lowest BCUT2D eigenvalue weighted by atomic mass is 10.1. The van der Waals surface area contributed by atoms with Crippen LogP contribution in [0, 0.1) is 5.92 Å². The monoisotopic (exact) mass is 228 g/mol. The van der Waals surface area contributed by atoms with Gasteiger partial charge in [0.2, 0.25) is 5.91 Å². The van der Waals surface area contributed by atoms with Gasteiger partial charge in [0.1, 0.15) is 0 Å². The van der Waals surface area contributed by atoms with Crippen LogP contribution in [0.2, 0.25) is 0 Å². The molecule has 2 N–H and O–H groups in total. The second-order valence-corrected chi connectivity index (χ2v) is 4.93. The molecule has 1 aliphatic carbocycles. The minimum atomic E-state index is -0.495. The molecule has 0 aromatic heterocycles. The molecule has 0 saturated heterocycles. The first-order valence-electron chi connectivity index (χ1n) is 6.17. The second kappa shape index (κ2) is 6.21. The van der Waals surface area contributed by atoms with Crippen LogP contribution in [0.5, 0.6) is 0 Å². The maximum atomic E-state index is 11.7. The van der Waals surface area contributed by atoms with Crippen LogP contribution >= 0.6 is 0 Å². The molecule has 0 aromatic rings. The average Bonchev–Trinajstić information content (AvgIpc) is 3.00. The van der Waals surface area contributed by atoms with Crippen molar-refractivity contribution in [3.05, 3.63) is 0 Å². The van der Waals surface area contributed by atoms with Crippen molar-refractivity contribution in [2.75, 3.05) is 26.3 Å². The molecule has 0 aliphatic heterocycles. The van der Waals surface area contributed by atoms with Crippen LogP contribution in [0.1, 0.15) is 33.6 Å². The first-order chi connectivity index (χ1) is 7.56.